The fourth-order valence-corrected chi connectivity index (χ4v) is 2.20. The molecule has 0 aliphatic heterocycles. The largest absolute Gasteiger partial charge is 0.508 e. The van der Waals surface area contributed by atoms with Gasteiger partial charge in [0.05, 0.1) is 5.00 Å². The SMILES string of the molecule is CN(C)c1cc2cc(O)ccc2s1. The molecule has 0 aliphatic carbocycles. The van der Waals surface area contributed by atoms with Gasteiger partial charge in [0.2, 0.25) is 0 Å². The highest BCUT2D eigenvalue weighted by atomic mass is 32.1. The van der Waals surface area contributed by atoms with E-state index in [0.717, 1.165) is 5.39 Å². The van der Waals surface area contributed by atoms with Crippen molar-refractivity contribution in [3.63, 3.8) is 0 Å². The first-order valence-corrected chi connectivity index (χ1v) is 4.88. The Hall–Kier alpha value is -1.22. The van der Waals surface area contributed by atoms with Gasteiger partial charge < -0.3 is 10.0 Å². The number of benzene rings is 1. The summed E-state index contributed by atoms with van der Waals surface area (Å²) < 4.78 is 1.21. The summed E-state index contributed by atoms with van der Waals surface area (Å²) in [5.74, 6) is 0.329. The van der Waals surface area contributed by atoms with Gasteiger partial charge in [-0.1, -0.05) is 0 Å². The minimum atomic E-state index is 0.329. The molecule has 1 aromatic heterocycles. The minimum absolute atomic E-state index is 0.329. The zero-order valence-electron chi connectivity index (χ0n) is 7.61. The van der Waals surface area contributed by atoms with Crippen LogP contribution in [0.5, 0.6) is 5.75 Å². The summed E-state index contributed by atoms with van der Waals surface area (Å²) >= 11 is 1.73. The third kappa shape index (κ3) is 1.47. The normalized spacial score (nSPS) is 10.6. The van der Waals surface area contributed by atoms with E-state index in [4.69, 9.17) is 0 Å². The monoisotopic (exact) mass is 193 g/mol. The fourth-order valence-electron chi connectivity index (χ4n) is 1.24. The molecule has 13 heavy (non-hydrogen) atoms. The summed E-state index contributed by atoms with van der Waals surface area (Å²) in [6.07, 6.45) is 0. The van der Waals surface area contributed by atoms with Gasteiger partial charge in [-0.3, -0.25) is 0 Å². The van der Waals surface area contributed by atoms with Crippen molar-refractivity contribution in [1.82, 2.24) is 0 Å². The number of anilines is 1. The van der Waals surface area contributed by atoms with Crippen LogP contribution in [0.25, 0.3) is 10.1 Å². The first-order chi connectivity index (χ1) is 6.16. The number of hydrogen-bond donors (Lipinski definition) is 1. The summed E-state index contributed by atoms with van der Waals surface area (Å²) in [5.41, 5.74) is 0. The molecule has 1 aromatic carbocycles. The van der Waals surface area contributed by atoms with Gasteiger partial charge in [-0.15, -0.1) is 11.3 Å². The van der Waals surface area contributed by atoms with Crippen LogP contribution >= 0.6 is 11.3 Å². The van der Waals surface area contributed by atoms with E-state index in [9.17, 15) is 5.11 Å². The summed E-state index contributed by atoms with van der Waals surface area (Å²) in [4.78, 5) is 2.07. The first-order valence-electron chi connectivity index (χ1n) is 4.07. The second kappa shape index (κ2) is 2.92. The lowest BCUT2D eigenvalue weighted by molar-refractivity contribution is 0.476. The van der Waals surface area contributed by atoms with E-state index in [0.29, 0.717) is 5.75 Å². The third-order valence-electron chi connectivity index (χ3n) is 1.93. The topological polar surface area (TPSA) is 23.5 Å². The van der Waals surface area contributed by atoms with Crippen LogP contribution in [0.2, 0.25) is 0 Å². The van der Waals surface area contributed by atoms with Crippen molar-refractivity contribution < 1.29 is 5.11 Å². The quantitative estimate of drug-likeness (QED) is 0.752. The predicted molar refractivity (Wildman–Crippen MR) is 57.8 cm³/mol. The molecule has 2 rings (SSSR count). The smallest absolute Gasteiger partial charge is 0.116 e. The number of fused-ring (bicyclic) bond motifs is 1. The van der Waals surface area contributed by atoms with Crippen molar-refractivity contribution in [2.45, 2.75) is 0 Å². The standard InChI is InChI=1S/C10H11NOS/c1-11(2)10-6-7-5-8(12)3-4-9(7)13-10/h3-6,12H,1-2H3. The lowest BCUT2D eigenvalue weighted by Gasteiger charge is -2.06. The molecule has 0 amide bonds. The molecule has 1 N–H and O–H groups in total. The third-order valence-corrected chi connectivity index (χ3v) is 3.21. The van der Waals surface area contributed by atoms with Gasteiger partial charge >= 0.3 is 0 Å². The van der Waals surface area contributed by atoms with Crippen LogP contribution < -0.4 is 4.90 Å². The molecule has 0 bridgehead atoms. The van der Waals surface area contributed by atoms with Crippen LogP contribution in [0.4, 0.5) is 5.00 Å². The number of nitrogens with zero attached hydrogens (tertiary/aromatic N) is 1. The minimum Gasteiger partial charge on any atom is -0.508 e. The van der Waals surface area contributed by atoms with Gasteiger partial charge in [-0.2, -0.15) is 0 Å². The molecule has 68 valence electrons. The molecule has 0 radical (unpaired) electrons. The van der Waals surface area contributed by atoms with Gasteiger partial charge in [-0.05, 0) is 29.7 Å². The highest BCUT2D eigenvalue weighted by Crippen LogP contribution is 2.33. The van der Waals surface area contributed by atoms with E-state index in [2.05, 4.69) is 11.0 Å². The second-order valence-electron chi connectivity index (χ2n) is 3.20. The van der Waals surface area contributed by atoms with E-state index in [1.54, 1.807) is 23.5 Å². The summed E-state index contributed by atoms with van der Waals surface area (Å²) in [5, 5.41) is 11.6. The van der Waals surface area contributed by atoms with E-state index in [1.807, 2.05) is 20.2 Å². The molecule has 1 heterocycles. The van der Waals surface area contributed by atoms with Crippen molar-refractivity contribution >= 4 is 26.4 Å². The molecule has 2 aromatic rings. The van der Waals surface area contributed by atoms with Crippen LogP contribution in [-0.2, 0) is 0 Å². The molecule has 0 fully saturated rings. The molecule has 2 nitrogen and oxygen atoms in total. The molecule has 0 atom stereocenters. The number of rotatable bonds is 1. The van der Waals surface area contributed by atoms with E-state index in [-0.39, 0.29) is 0 Å². The van der Waals surface area contributed by atoms with Crippen molar-refractivity contribution in [3.8, 4) is 5.75 Å². The molecule has 0 aliphatic rings. The van der Waals surface area contributed by atoms with E-state index < -0.39 is 0 Å². The molecular weight excluding hydrogens is 182 g/mol. The van der Waals surface area contributed by atoms with Crippen LogP contribution in [0.3, 0.4) is 0 Å². The molecule has 3 heteroatoms. The molecule has 0 saturated carbocycles. The van der Waals surface area contributed by atoms with Gasteiger partial charge in [0.15, 0.2) is 0 Å². The lowest BCUT2D eigenvalue weighted by atomic mass is 10.2. The maximum Gasteiger partial charge on any atom is 0.116 e. The Kier molecular flexibility index (Phi) is 1.88. The number of hydrogen-bond acceptors (Lipinski definition) is 3. The van der Waals surface area contributed by atoms with Crippen LogP contribution in [-0.4, -0.2) is 19.2 Å². The summed E-state index contributed by atoms with van der Waals surface area (Å²) in [6.45, 7) is 0. The average molecular weight is 193 g/mol. The van der Waals surface area contributed by atoms with Gasteiger partial charge in [0.1, 0.15) is 5.75 Å². The highest BCUT2D eigenvalue weighted by Gasteiger charge is 2.03. The Morgan fingerprint density at radius 1 is 1.23 bits per heavy atom. The molecular formula is C10H11NOS. The maximum atomic E-state index is 9.27. The Labute approximate surface area is 81.0 Å². The van der Waals surface area contributed by atoms with Gasteiger partial charge in [0.25, 0.3) is 0 Å². The van der Waals surface area contributed by atoms with Crippen LogP contribution in [0, 0.1) is 0 Å². The van der Waals surface area contributed by atoms with Crippen molar-refractivity contribution in [1.29, 1.82) is 0 Å². The van der Waals surface area contributed by atoms with Crippen molar-refractivity contribution in [2.75, 3.05) is 19.0 Å². The van der Waals surface area contributed by atoms with E-state index in [1.165, 1.54) is 9.70 Å². The van der Waals surface area contributed by atoms with Crippen molar-refractivity contribution in [2.24, 2.45) is 0 Å². The first kappa shape index (κ1) is 8.38. The molecule has 0 unspecified atom stereocenters. The fraction of sp³-hybridized carbons (Fsp3) is 0.200. The second-order valence-corrected chi connectivity index (χ2v) is 4.26. The molecule has 0 saturated heterocycles. The number of thiophene rings is 1. The van der Waals surface area contributed by atoms with E-state index >= 15 is 0 Å². The predicted octanol–water partition coefficient (Wildman–Crippen LogP) is 2.67. The van der Waals surface area contributed by atoms with Crippen molar-refractivity contribution in [3.05, 3.63) is 24.3 Å². The Bertz CT molecular complexity index is 433. The number of phenolic OH excluding ortho intramolecular Hbond substituents is 1. The number of aromatic hydroxyl groups is 1. The lowest BCUT2D eigenvalue weighted by Crippen LogP contribution is -2.05. The Morgan fingerprint density at radius 2 is 2.00 bits per heavy atom. The number of phenols is 1. The zero-order valence-corrected chi connectivity index (χ0v) is 8.43. The highest BCUT2D eigenvalue weighted by molar-refractivity contribution is 7.22. The average Bonchev–Trinajstić information content (AvgIpc) is 2.46. The van der Waals surface area contributed by atoms with Gasteiger partial charge in [-0.25, -0.2) is 0 Å². The maximum absolute atomic E-state index is 9.27. The summed E-state index contributed by atoms with van der Waals surface area (Å²) in [7, 11) is 4.04. The Balaban J connectivity index is 2.62. The Morgan fingerprint density at radius 3 is 2.69 bits per heavy atom. The summed E-state index contributed by atoms with van der Waals surface area (Å²) in [6, 6.07) is 7.54. The molecule has 0 spiro atoms. The van der Waals surface area contributed by atoms with Gasteiger partial charge in [0, 0.05) is 18.8 Å². The van der Waals surface area contributed by atoms with Crippen LogP contribution in [0.1, 0.15) is 0 Å². The van der Waals surface area contributed by atoms with Crippen LogP contribution in [0.15, 0.2) is 24.3 Å². The zero-order chi connectivity index (χ0) is 9.42.